The highest BCUT2D eigenvalue weighted by Gasteiger charge is 2.26. The number of nitrogens with zero attached hydrogens (tertiary/aromatic N) is 3. The molecule has 0 radical (unpaired) electrons. The van der Waals surface area contributed by atoms with E-state index in [1.54, 1.807) is 6.07 Å². The molecule has 0 aromatic carbocycles. The average Bonchev–Trinajstić information content (AvgIpc) is 2.76. The van der Waals surface area contributed by atoms with E-state index in [1.165, 1.54) is 6.20 Å². The zero-order chi connectivity index (χ0) is 12.4. The highest BCUT2D eigenvalue weighted by atomic mass is 16.6. The molecule has 6 nitrogen and oxygen atoms in total. The van der Waals surface area contributed by atoms with Crippen LogP contribution in [0.2, 0.25) is 0 Å². The molecule has 1 fully saturated rings. The SMILES string of the molecule is Cc1cc([N+](=O)[O-])cnc1N1CCCC1CN. The summed E-state index contributed by atoms with van der Waals surface area (Å²) in [6, 6.07) is 1.87. The minimum Gasteiger partial charge on any atom is -0.352 e. The Morgan fingerprint density at radius 3 is 3.06 bits per heavy atom. The Morgan fingerprint density at radius 2 is 2.47 bits per heavy atom. The van der Waals surface area contributed by atoms with E-state index in [1.807, 2.05) is 6.92 Å². The van der Waals surface area contributed by atoms with E-state index < -0.39 is 4.92 Å². The monoisotopic (exact) mass is 236 g/mol. The van der Waals surface area contributed by atoms with Crippen LogP contribution >= 0.6 is 0 Å². The Morgan fingerprint density at radius 1 is 1.71 bits per heavy atom. The van der Waals surface area contributed by atoms with Gasteiger partial charge in [-0.2, -0.15) is 0 Å². The molecule has 1 aromatic rings. The first-order chi connectivity index (χ1) is 8.13. The summed E-state index contributed by atoms with van der Waals surface area (Å²) < 4.78 is 0. The van der Waals surface area contributed by atoms with E-state index in [2.05, 4.69) is 9.88 Å². The van der Waals surface area contributed by atoms with E-state index in [-0.39, 0.29) is 5.69 Å². The highest BCUT2D eigenvalue weighted by molar-refractivity contribution is 5.52. The van der Waals surface area contributed by atoms with Crippen LogP contribution in [-0.2, 0) is 0 Å². The molecule has 1 atom stereocenters. The van der Waals surface area contributed by atoms with Crippen LogP contribution in [0.4, 0.5) is 11.5 Å². The number of aryl methyl sites for hydroxylation is 1. The number of hydrogen-bond donors (Lipinski definition) is 1. The number of aromatic nitrogens is 1. The van der Waals surface area contributed by atoms with Gasteiger partial charge in [0.1, 0.15) is 12.0 Å². The fourth-order valence-electron chi connectivity index (χ4n) is 2.31. The van der Waals surface area contributed by atoms with E-state index >= 15 is 0 Å². The van der Waals surface area contributed by atoms with Crippen LogP contribution in [0.3, 0.4) is 0 Å². The molecule has 2 rings (SSSR count). The van der Waals surface area contributed by atoms with Crippen LogP contribution in [0.25, 0.3) is 0 Å². The van der Waals surface area contributed by atoms with Gasteiger partial charge in [-0.05, 0) is 25.3 Å². The van der Waals surface area contributed by atoms with Crippen molar-refractivity contribution in [3.05, 3.63) is 27.9 Å². The molecule has 1 aliphatic rings. The lowest BCUT2D eigenvalue weighted by Gasteiger charge is -2.25. The van der Waals surface area contributed by atoms with Crippen molar-refractivity contribution in [1.82, 2.24) is 4.98 Å². The Labute approximate surface area is 99.6 Å². The van der Waals surface area contributed by atoms with Crippen molar-refractivity contribution < 1.29 is 4.92 Å². The zero-order valence-corrected chi connectivity index (χ0v) is 9.80. The van der Waals surface area contributed by atoms with E-state index in [4.69, 9.17) is 5.73 Å². The number of rotatable bonds is 3. The number of anilines is 1. The Balaban J connectivity index is 2.30. The lowest BCUT2D eigenvalue weighted by molar-refractivity contribution is -0.385. The van der Waals surface area contributed by atoms with Crippen LogP contribution < -0.4 is 10.6 Å². The maximum Gasteiger partial charge on any atom is 0.287 e. The van der Waals surface area contributed by atoms with E-state index in [9.17, 15) is 10.1 Å². The second-order valence-electron chi connectivity index (χ2n) is 4.32. The number of hydrogen-bond acceptors (Lipinski definition) is 5. The molecule has 0 bridgehead atoms. The fraction of sp³-hybridized carbons (Fsp3) is 0.545. The third-order valence-electron chi connectivity index (χ3n) is 3.17. The summed E-state index contributed by atoms with van der Waals surface area (Å²) in [7, 11) is 0. The first-order valence-corrected chi connectivity index (χ1v) is 5.71. The Bertz CT molecular complexity index is 435. The zero-order valence-electron chi connectivity index (χ0n) is 9.80. The Kier molecular flexibility index (Phi) is 3.23. The molecule has 17 heavy (non-hydrogen) atoms. The standard InChI is InChI=1S/C11H16N4O2/c1-8-5-10(15(16)17)7-13-11(8)14-4-2-3-9(14)6-12/h5,7,9H,2-4,6,12H2,1H3. The van der Waals surface area contributed by atoms with Gasteiger partial charge in [-0.3, -0.25) is 10.1 Å². The largest absolute Gasteiger partial charge is 0.352 e. The molecule has 0 saturated carbocycles. The summed E-state index contributed by atoms with van der Waals surface area (Å²) in [5.41, 5.74) is 6.58. The van der Waals surface area contributed by atoms with Gasteiger partial charge in [-0.25, -0.2) is 4.98 Å². The summed E-state index contributed by atoms with van der Waals surface area (Å²) in [6.45, 7) is 3.37. The normalized spacial score (nSPS) is 19.6. The number of nitrogens with two attached hydrogens (primary N) is 1. The maximum atomic E-state index is 10.6. The molecule has 0 aliphatic carbocycles. The van der Waals surface area contributed by atoms with Gasteiger partial charge >= 0.3 is 0 Å². The predicted octanol–water partition coefficient (Wildman–Crippen LogP) is 1.23. The quantitative estimate of drug-likeness (QED) is 0.630. The Hall–Kier alpha value is -1.69. The van der Waals surface area contributed by atoms with Crippen molar-refractivity contribution in [2.75, 3.05) is 18.0 Å². The highest BCUT2D eigenvalue weighted by Crippen LogP contribution is 2.27. The van der Waals surface area contributed by atoms with E-state index in [0.717, 1.165) is 30.8 Å². The van der Waals surface area contributed by atoms with Gasteiger partial charge in [-0.15, -0.1) is 0 Å². The van der Waals surface area contributed by atoms with Crippen molar-refractivity contribution in [2.24, 2.45) is 5.73 Å². The number of pyridine rings is 1. The van der Waals surface area contributed by atoms with Crippen molar-refractivity contribution in [1.29, 1.82) is 0 Å². The van der Waals surface area contributed by atoms with Gasteiger partial charge in [0.25, 0.3) is 5.69 Å². The van der Waals surface area contributed by atoms with Crippen molar-refractivity contribution >= 4 is 11.5 Å². The smallest absolute Gasteiger partial charge is 0.287 e. The second-order valence-corrected chi connectivity index (χ2v) is 4.32. The molecule has 1 aliphatic heterocycles. The third kappa shape index (κ3) is 2.21. The minimum absolute atomic E-state index is 0.0368. The summed E-state index contributed by atoms with van der Waals surface area (Å²) in [5.74, 6) is 0.823. The molecule has 1 unspecified atom stereocenters. The predicted molar refractivity (Wildman–Crippen MR) is 65.1 cm³/mol. The molecule has 2 N–H and O–H groups in total. The van der Waals surface area contributed by atoms with Crippen LogP contribution in [0.15, 0.2) is 12.3 Å². The summed E-state index contributed by atoms with van der Waals surface area (Å²) >= 11 is 0. The van der Waals surface area contributed by atoms with Crippen LogP contribution in [0.5, 0.6) is 0 Å². The molecule has 0 spiro atoms. The molecular weight excluding hydrogens is 220 g/mol. The van der Waals surface area contributed by atoms with Gasteiger partial charge in [-0.1, -0.05) is 0 Å². The molecular formula is C11H16N4O2. The topological polar surface area (TPSA) is 85.3 Å². The second kappa shape index (κ2) is 4.67. The average molecular weight is 236 g/mol. The molecule has 92 valence electrons. The maximum absolute atomic E-state index is 10.6. The lowest BCUT2D eigenvalue weighted by Crippen LogP contribution is -2.36. The van der Waals surface area contributed by atoms with E-state index in [0.29, 0.717) is 12.6 Å². The third-order valence-corrected chi connectivity index (χ3v) is 3.17. The fourth-order valence-corrected chi connectivity index (χ4v) is 2.31. The minimum atomic E-state index is -0.422. The molecule has 2 heterocycles. The molecule has 6 heteroatoms. The first-order valence-electron chi connectivity index (χ1n) is 5.71. The summed E-state index contributed by atoms with van der Waals surface area (Å²) in [5, 5.41) is 10.6. The van der Waals surface area contributed by atoms with Crippen LogP contribution in [0.1, 0.15) is 18.4 Å². The summed E-state index contributed by atoms with van der Waals surface area (Å²) in [4.78, 5) is 16.6. The van der Waals surface area contributed by atoms with Gasteiger partial charge in [0, 0.05) is 25.2 Å². The van der Waals surface area contributed by atoms with Gasteiger partial charge in [0.2, 0.25) is 0 Å². The summed E-state index contributed by atoms with van der Waals surface area (Å²) in [6.07, 6.45) is 3.48. The number of nitro groups is 1. The van der Waals surface area contributed by atoms with Crippen LogP contribution in [0, 0.1) is 17.0 Å². The van der Waals surface area contributed by atoms with Crippen LogP contribution in [-0.4, -0.2) is 29.0 Å². The van der Waals surface area contributed by atoms with Gasteiger partial charge in [0.15, 0.2) is 0 Å². The first kappa shape index (κ1) is 11.8. The van der Waals surface area contributed by atoms with Crippen molar-refractivity contribution in [3.63, 3.8) is 0 Å². The van der Waals surface area contributed by atoms with Crippen molar-refractivity contribution in [3.8, 4) is 0 Å². The molecule has 1 aromatic heterocycles. The van der Waals surface area contributed by atoms with Gasteiger partial charge in [0.05, 0.1) is 4.92 Å². The van der Waals surface area contributed by atoms with Gasteiger partial charge < -0.3 is 10.6 Å². The molecule has 1 saturated heterocycles. The van der Waals surface area contributed by atoms with Crippen molar-refractivity contribution in [2.45, 2.75) is 25.8 Å². The lowest BCUT2D eigenvalue weighted by atomic mass is 10.2. The molecule has 0 amide bonds.